The maximum absolute atomic E-state index is 10.8. The number of likely N-dealkylation sites (tertiary alicyclic amines) is 1. The van der Waals surface area contributed by atoms with Crippen molar-refractivity contribution in [3.8, 4) is 0 Å². The molecule has 0 aliphatic carbocycles. The predicted molar refractivity (Wildman–Crippen MR) is 72.7 cm³/mol. The number of nitrogens with two attached hydrogens (primary N) is 1. The first-order chi connectivity index (χ1) is 8.67. The lowest BCUT2D eigenvalue weighted by molar-refractivity contribution is -0.380. The van der Waals surface area contributed by atoms with Crippen LogP contribution < -0.4 is 5.73 Å². The maximum atomic E-state index is 10.8. The van der Waals surface area contributed by atoms with Crippen LogP contribution in [-0.2, 0) is 0 Å². The second-order valence-corrected chi connectivity index (χ2v) is 5.74. The van der Waals surface area contributed by atoms with Crippen LogP contribution in [0, 0.1) is 16.0 Å². The van der Waals surface area contributed by atoms with Gasteiger partial charge in [-0.25, -0.2) is 0 Å². The lowest BCUT2D eigenvalue weighted by atomic mass is 9.88. The molecule has 1 aliphatic heterocycles. The summed E-state index contributed by atoms with van der Waals surface area (Å²) in [5.74, 6) is 0.414. The summed E-state index contributed by atoms with van der Waals surface area (Å²) in [4.78, 5) is 13.9. The van der Waals surface area contributed by atoms with Crippen LogP contribution in [0.3, 0.4) is 0 Å². The van der Waals surface area contributed by atoms with Crippen molar-refractivity contribution < 1.29 is 4.92 Å². The molecule has 1 fully saturated rings. The number of rotatable bonds is 4. The number of hydrogen-bond donors (Lipinski definition) is 1. The van der Waals surface area contributed by atoms with Gasteiger partial charge in [-0.05, 0) is 44.5 Å². The Balaban J connectivity index is 2.27. The number of piperidine rings is 1. The highest BCUT2D eigenvalue weighted by Gasteiger charge is 2.32. The molecule has 0 amide bonds. The SMILES string of the molecule is CCN1CCCC(CN)C1c1ccc([N+](=O)[O-])s1. The van der Waals surface area contributed by atoms with Crippen molar-refractivity contribution in [3.05, 3.63) is 27.1 Å². The van der Waals surface area contributed by atoms with Crippen LogP contribution in [-0.4, -0.2) is 29.5 Å². The lowest BCUT2D eigenvalue weighted by Gasteiger charge is -2.39. The highest BCUT2D eigenvalue weighted by atomic mass is 32.1. The van der Waals surface area contributed by atoms with Crippen LogP contribution in [0.5, 0.6) is 0 Å². The van der Waals surface area contributed by atoms with Crippen molar-refractivity contribution >= 4 is 16.3 Å². The fraction of sp³-hybridized carbons (Fsp3) is 0.667. The smallest absolute Gasteiger partial charge is 0.324 e. The number of hydrogen-bond acceptors (Lipinski definition) is 5. The summed E-state index contributed by atoms with van der Waals surface area (Å²) in [5.41, 5.74) is 5.86. The van der Waals surface area contributed by atoms with E-state index in [4.69, 9.17) is 5.73 Å². The molecule has 2 unspecified atom stereocenters. The monoisotopic (exact) mass is 269 g/mol. The second-order valence-electron chi connectivity index (χ2n) is 4.64. The summed E-state index contributed by atoms with van der Waals surface area (Å²) in [6.45, 7) is 4.80. The van der Waals surface area contributed by atoms with E-state index < -0.39 is 0 Å². The van der Waals surface area contributed by atoms with E-state index in [9.17, 15) is 10.1 Å². The molecule has 1 aromatic rings. The molecular formula is C12H19N3O2S. The van der Waals surface area contributed by atoms with E-state index in [0.29, 0.717) is 12.5 Å². The third-order valence-corrected chi connectivity index (χ3v) is 4.76. The summed E-state index contributed by atoms with van der Waals surface area (Å²) in [7, 11) is 0. The maximum Gasteiger partial charge on any atom is 0.324 e. The topological polar surface area (TPSA) is 72.4 Å². The number of nitrogens with zero attached hydrogens (tertiary/aromatic N) is 2. The molecule has 0 aromatic carbocycles. The van der Waals surface area contributed by atoms with Crippen molar-refractivity contribution in [2.45, 2.75) is 25.8 Å². The minimum absolute atomic E-state index is 0.224. The largest absolute Gasteiger partial charge is 0.330 e. The molecule has 5 nitrogen and oxygen atoms in total. The molecule has 18 heavy (non-hydrogen) atoms. The number of thiophene rings is 1. The van der Waals surface area contributed by atoms with Crippen LogP contribution in [0.25, 0.3) is 0 Å². The zero-order valence-electron chi connectivity index (χ0n) is 10.5. The van der Waals surface area contributed by atoms with Crippen LogP contribution in [0.4, 0.5) is 5.00 Å². The third kappa shape index (κ3) is 2.55. The molecule has 2 rings (SSSR count). The van der Waals surface area contributed by atoms with Gasteiger partial charge in [-0.2, -0.15) is 0 Å². The first-order valence-electron chi connectivity index (χ1n) is 6.35. The van der Waals surface area contributed by atoms with E-state index in [1.165, 1.54) is 17.8 Å². The Morgan fingerprint density at radius 1 is 1.61 bits per heavy atom. The van der Waals surface area contributed by atoms with Gasteiger partial charge >= 0.3 is 5.00 Å². The van der Waals surface area contributed by atoms with E-state index >= 15 is 0 Å². The van der Waals surface area contributed by atoms with Gasteiger partial charge in [0.2, 0.25) is 0 Å². The van der Waals surface area contributed by atoms with Crippen LogP contribution in [0.15, 0.2) is 12.1 Å². The van der Waals surface area contributed by atoms with Crippen molar-refractivity contribution in [1.82, 2.24) is 4.90 Å². The van der Waals surface area contributed by atoms with Gasteiger partial charge in [-0.3, -0.25) is 15.0 Å². The molecule has 2 N–H and O–H groups in total. The van der Waals surface area contributed by atoms with Gasteiger partial charge in [0.05, 0.1) is 4.92 Å². The molecule has 1 aliphatic rings. The molecule has 1 aromatic heterocycles. The first kappa shape index (κ1) is 13.5. The van der Waals surface area contributed by atoms with Crippen LogP contribution in [0.2, 0.25) is 0 Å². The van der Waals surface area contributed by atoms with Crippen molar-refractivity contribution in [2.75, 3.05) is 19.6 Å². The van der Waals surface area contributed by atoms with E-state index in [2.05, 4.69) is 11.8 Å². The summed E-state index contributed by atoms with van der Waals surface area (Å²) in [5, 5.41) is 11.0. The van der Waals surface area contributed by atoms with E-state index in [-0.39, 0.29) is 16.0 Å². The molecule has 2 atom stereocenters. The second kappa shape index (κ2) is 5.77. The molecule has 0 bridgehead atoms. The Morgan fingerprint density at radius 3 is 2.94 bits per heavy atom. The molecule has 2 heterocycles. The van der Waals surface area contributed by atoms with Gasteiger partial charge in [-0.1, -0.05) is 18.3 Å². The van der Waals surface area contributed by atoms with E-state index in [1.54, 1.807) is 6.07 Å². The molecule has 100 valence electrons. The summed E-state index contributed by atoms with van der Waals surface area (Å²) < 4.78 is 0. The first-order valence-corrected chi connectivity index (χ1v) is 7.17. The Morgan fingerprint density at radius 2 is 2.39 bits per heavy atom. The van der Waals surface area contributed by atoms with Gasteiger partial charge in [0.25, 0.3) is 0 Å². The molecule has 6 heteroatoms. The average Bonchev–Trinajstić information content (AvgIpc) is 2.87. The zero-order chi connectivity index (χ0) is 13.1. The van der Waals surface area contributed by atoms with Crippen LogP contribution in [0.1, 0.15) is 30.7 Å². The number of nitro groups is 1. The lowest BCUT2D eigenvalue weighted by Crippen LogP contribution is -2.41. The molecular weight excluding hydrogens is 250 g/mol. The summed E-state index contributed by atoms with van der Waals surface area (Å²) in [6, 6.07) is 3.76. The van der Waals surface area contributed by atoms with Crippen molar-refractivity contribution in [1.29, 1.82) is 0 Å². The fourth-order valence-electron chi connectivity index (χ4n) is 2.76. The molecule has 0 saturated carbocycles. The highest BCUT2D eigenvalue weighted by molar-refractivity contribution is 7.15. The average molecular weight is 269 g/mol. The highest BCUT2D eigenvalue weighted by Crippen LogP contribution is 2.40. The van der Waals surface area contributed by atoms with Gasteiger partial charge in [0, 0.05) is 17.0 Å². The summed E-state index contributed by atoms with van der Waals surface area (Å²) >= 11 is 1.29. The fourth-order valence-corrected chi connectivity index (χ4v) is 3.82. The Bertz CT molecular complexity index is 409. The van der Waals surface area contributed by atoms with Gasteiger partial charge in [0.1, 0.15) is 0 Å². The van der Waals surface area contributed by atoms with Crippen molar-refractivity contribution in [2.24, 2.45) is 11.7 Å². The molecule has 0 radical (unpaired) electrons. The van der Waals surface area contributed by atoms with E-state index in [1.807, 2.05) is 6.07 Å². The van der Waals surface area contributed by atoms with Gasteiger partial charge in [0.15, 0.2) is 0 Å². The Hall–Kier alpha value is -0.980. The normalized spacial score (nSPS) is 25.2. The summed E-state index contributed by atoms with van der Waals surface area (Å²) in [6.07, 6.45) is 2.28. The van der Waals surface area contributed by atoms with Crippen molar-refractivity contribution in [3.63, 3.8) is 0 Å². The minimum Gasteiger partial charge on any atom is -0.330 e. The molecule has 1 saturated heterocycles. The molecule has 0 spiro atoms. The third-order valence-electron chi connectivity index (χ3n) is 3.65. The standard InChI is InChI=1S/C12H19N3O2S/c1-2-14-7-3-4-9(8-13)12(14)10-5-6-11(18-10)15(16)17/h5-6,9,12H,2-4,7-8,13H2,1H3. The Kier molecular flexibility index (Phi) is 4.31. The quantitative estimate of drug-likeness (QED) is 0.673. The minimum atomic E-state index is -0.315. The van der Waals surface area contributed by atoms with Gasteiger partial charge in [-0.15, -0.1) is 0 Å². The van der Waals surface area contributed by atoms with Gasteiger partial charge < -0.3 is 5.73 Å². The zero-order valence-corrected chi connectivity index (χ0v) is 11.4. The van der Waals surface area contributed by atoms with Crippen LogP contribution >= 0.6 is 11.3 Å². The Labute approximate surface area is 111 Å². The predicted octanol–water partition coefficient (Wildman–Crippen LogP) is 2.39. The van der Waals surface area contributed by atoms with E-state index in [0.717, 1.165) is 24.4 Å².